The zero-order valence-electron chi connectivity index (χ0n) is 11.4. The quantitative estimate of drug-likeness (QED) is 0.850. The van der Waals surface area contributed by atoms with Gasteiger partial charge < -0.3 is 14.8 Å². The molecule has 1 aliphatic heterocycles. The number of nitrogens with zero attached hydrogens (tertiary/aromatic N) is 2. The summed E-state index contributed by atoms with van der Waals surface area (Å²) in [6.45, 7) is 4.87. The number of aliphatic hydroxyl groups is 1. The minimum atomic E-state index is -0.512. The van der Waals surface area contributed by atoms with Crippen molar-refractivity contribution >= 4 is 0 Å². The average Bonchev–Trinajstić information content (AvgIpc) is 2.36. The molecule has 5 heteroatoms. The zero-order chi connectivity index (χ0) is 13.8. The summed E-state index contributed by atoms with van der Waals surface area (Å²) in [4.78, 5) is 13.9. The molecule has 0 spiro atoms. The van der Waals surface area contributed by atoms with E-state index in [-0.39, 0.29) is 11.2 Å². The highest BCUT2D eigenvalue weighted by molar-refractivity contribution is 5.20. The molecule has 1 unspecified atom stereocenters. The van der Waals surface area contributed by atoms with E-state index in [0.29, 0.717) is 13.1 Å². The molecule has 2 heterocycles. The molecule has 0 bridgehead atoms. The standard InChI is InChI=1S/C14H22N2O3/c1-11(17)8-16-10-14(19)13(18)7-12(16)9-15-5-3-2-4-6-15/h7,10-11,17,19H,2-6,8-9H2,1H3. The van der Waals surface area contributed by atoms with Gasteiger partial charge in [0.2, 0.25) is 5.43 Å². The Hall–Kier alpha value is -1.33. The van der Waals surface area contributed by atoms with E-state index in [2.05, 4.69) is 4.90 Å². The van der Waals surface area contributed by atoms with Gasteiger partial charge in [-0.25, -0.2) is 0 Å². The van der Waals surface area contributed by atoms with Crippen molar-refractivity contribution in [2.75, 3.05) is 13.1 Å². The van der Waals surface area contributed by atoms with E-state index in [0.717, 1.165) is 18.8 Å². The highest BCUT2D eigenvalue weighted by Crippen LogP contribution is 2.14. The normalized spacial score (nSPS) is 18.4. The van der Waals surface area contributed by atoms with E-state index in [1.54, 1.807) is 11.5 Å². The lowest BCUT2D eigenvalue weighted by molar-refractivity contribution is 0.166. The molecule has 1 aliphatic rings. The monoisotopic (exact) mass is 266 g/mol. The minimum absolute atomic E-state index is 0.261. The summed E-state index contributed by atoms with van der Waals surface area (Å²) in [6, 6.07) is 1.48. The predicted octanol–water partition coefficient (Wildman–Crippen LogP) is 0.921. The highest BCUT2D eigenvalue weighted by Gasteiger charge is 2.14. The van der Waals surface area contributed by atoms with E-state index in [9.17, 15) is 15.0 Å². The van der Waals surface area contributed by atoms with Gasteiger partial charge in [-0.3, -0.25) is 9.69 Å². The van der Waals surface area contributed by atoms with Crippen LogP contribution >= 0.6 is 0 Å². The SMILES string of the molecule is CC(O)Cn1cc(O)c(=O)cc1CN1CCCCC1. The molecule has 0 aromatic carbocycles. The van der Waals surface area contributed by atoms with Crippen molar-refractivity contribution in [1.29, 1.82) is 0 Å². The Kier molecular flexibility index (Phi) is 4.61. The van der Waals surface area contributed by atoms with Gasteiger partial charge in [-0.15, -0.1) is 0 Å². The maximum Gasteiger partial charge on any atom is 0.223 e. The van der Waals surface area contributed by atoms with Gasteiger partial charge in [0, 0.05) is 24.8 Å². The second-order valence-corrected chi connectivity index (χ2v) is 5.35. The summed E-state index contributed by atoms with van der Waals surface area (Å²) in [5.41, 5.74) is 0.499. The first-order valence-corrected chi connectivity index (χ1v) is 6.89. The van der Waals surface area contributed by atoms with E-state index >= 15 is 0 Å². The molecule has 1 fully saturated rings. The van der Waals surface area contributed by atoms with Crippen molar-refractivity contribution in [1.82, 2.24) is 9.47 Å². The third-order valence-electron chi connectivity index (χ3n) is 3.49. The lowest BCUT2D eigenvalue weighted by atomic mass is 10.1. The number of hydrogen-bond acceptors (Lipinski definition) is 4. The zero-order valence-corrected chi connectivity index (χ0v) is 11.4. The summed E-state index contributed by atoms with van der Waals surface area (Å²) in [5, 5.41) is 19.0. The minimum Gasteiger partial charge on any atom is -0.503 e. The first-order chi connectivity index (χ1) is 9.06. The number of piperidine rings is 1. The van der Waals surface area contributed by atoms with Gasteiger partial charge in [0.15, 0.2) is 5.75 Å². The Bertz CT molecular complexity index is 476. The fraction of sp³-hybridized carbons (Fsp3) is 0.643. The third-order valence-corrected chi connectivity index (χ3v) is 3.49. The fourth-order valence-corrected chi connectivity index (χ4v) is 2.54. The van der Waals surface area contributed by atoms with Crippen LogP contribution in [0.15, 0.2) is 17.1 Å². The molecule has 1 aromatic rings. The molecule has 2 N–H and O–H groups in total. The lowest BCUT2D eigenvalue weighted by Crippen LogP contribution is -2.31. The average molecular weight is 266 g/mol. The molecule has 106 valence electrons. The molecule has 0 amide bonds. The van der Waals surface area contributed by atoms with Crippen LogP contribution in [0, 0.1) is 0 Å². The van der Waals surface area contributed by atoms with Crippen molar-refractivity contribution in [3.8, 4) is 5.75 Å². The Morgan fingerprint density at radius 2 is 2.00 bits per heavy atom. The maximum absolute atomic E-state index is 11.6. The topological polar surface area (TPSA) is 65.7 Å². The molecule has 1 aromatic heterocycles. The molecule has 2 rings (SSSR count). The van der Waals surface area contributed by atoms with Crippen molar-refractivity contribution in [3.05, 3.63) is 28.2 Å². The molecular formula is C14H22N2O3. The van der Waals surface area contributed by atoms with Crippen LogP contribution in [0.5, 0.6) is 5.75 Å². The van der Waals surface area contributed by atoms with Crippen LogP contribution in [-0.4, -0.2) is 38.9 Å². The Balaban J connectivity index is 2.20. The van der Waals surface area contributed by atoms with Crippen molar-refractivity contribution in [2.45, 2.75) is 45.4 Å². The summed E-state index contributed by atoms with van der Waals surface area (Å²) in [7, 11) is 0. The number of likely N-dealkylation sites (tertiary alicyclic amines) is 1. The van der Waals surface area contributed by atoms with Gasteiger partial charge in [-0.1, -0.05) is 6.42 Å². The molecule has 0 radical (unpaired) electrons. The molecule has 1 saturated heterocycles. The first-order valence-electron chi connectivity index (χ1n) is 6.89. The largest absolute Gasteiger partial charge is 0.503 e. The van der Waals surface area contributed by atoms with Gasteiger partial charge in [-0.05, 0) is 32.9 Å². The molecule has 1 atom stereocenters. The van der Waals surface area contributed by atoms with Gasteiger partial charge in [-0.2, -0.15) is 0 Å². The van der Waals surface area contributed by atoms with Gasteiger partial charge in [0.1, 0.15) is 0 Å². The second-order valence-electron chi connectivity index (χ2n) is 5.35. The van der Waals surface area contributed by atoms with Crippen LogP contribution in [0.2, 0.25) is 0 Å². The molecule has 19 heavy (non-hydrogen) atoms. The summed E-state index contributed by atoms with van der Waals surface area (Å²) in [5.74, 6) is -0.261. The summed E-state index contributed by atoms with van der Waals surface area (Å²) < 4.78 is 1.77. The number of aromatic nitrogens is 1. The van der Waals surface area contributed by atoms with Crippen LogP contribution < -0.4 is 5.43 Å². The van der Waals surface area contributed by atoms with Gasteiger partial charge in [0.05, 0.1) is 12.3 Å². The van der Waals surface area contributed by atoms with Crippen LogP contribution in [0.4, 0.5) is 0 Å². The van der Waals surface area contributed by atoms with Crippen LogP contribution in [0.25, 0.3) is 0 Å². The number of rotatable bonds is 4. The molecule has 0 saturated carbocycles. The highest BCUT2D eigenvalue weighted by atomic mass is 16.3. The van der Waals surface area contributed by atoms with Crippen LogP contribution in [-0.2, 0) is 13.1 Å². The Morgan fingerprint density at radius 1 is 1.32 bits per heavy atom. The van der Waals surface area contributed by atoms with Crippen LogP contribution in [0.3, 0.4) is 0 Å². The third kappa shape index (κ3) is 3.81. The maximum atomic E-state index is 11.6. The molecule has 0 aliphatic carbocycles. The van der Waals surface area contributed by atoms with Gasteiger partial charge in [0.25, 0.3) is 0 Å². The van der Waals surface area contributed by atoms with Crippen LogP contribution in [0.1, 0.15) is 31.9 Å². The number of aromatic hydroxyl groups is 1. The van der Waals surface area contributed by atoms with E-state index in [1.807, 2.05) is 0 Å². The van der Waals surface area contributed by atoms with E-state index < -0.39 is 6.10 Å². The summed E-state index contributed by atoms with van der Waals surface area (Å²) in [6.07, 6.45) is 4.57. The molecule has 5 nitrogen and oxygen atoms in total. The van der Waals surface area contributed by atoms with E-state index in [1.165, 1.54) is 31.5 Å². The predicted molar refractivity (Wildman–Crippen MR) is 73.2 cm³/mol. The second kappa shape index (κ2) is 6.21. The Labute approximate surface area is 113 Å². The Morgan fingerprint density at radius 3 is 2.63 bits per heavy atom. The fourth-order valence-electron chi connectivity index (χ4n) is 2.54. The van der Waals surface area contributed by atoms with Crippen molar-refractivity contribution in [2.24, 2.45) is 0 Å². The van der Waals surface area contributed by atoms with Crippen molar-refractivity contribution < 1.29 is 10.2 Å². The van der Waals surface area contributed by atoms with Crippen molar-refractivity contribution in [3.63, 3.8) is 0 Å². The number of pyridine rings is 1. The van der Waals surface area contributed by atoms with Gasteiger partial charge >= 0.3 is 0 Å². The molecular weight excluding hydrogens is 244 g/mol. The van der Waals surface area contributed by atoms with E-state index in [4.69, 9.17) is 0 Å². The summed E-state index contributed by atoms with van der Waals surface area (Å²) >= 11 is 0. The number of aliphatic hydroxyl groups excluding tert-OH is 1. The first kappa shape index (κ1) is 14.1. The lowest BCUT2D eigenvalue weighted by Gasteiger charge is -2.28. The number of hydrogen-bond donors (Lipinski definition) is 2. The smallest absolute Gasteiger partial charge is 0.223 e.